The maximum absolute atomic E-state index is 13.6. The van der Waals surface area contributed by atoms with Crippen LogP contribution in [0.1, 0.15) is 66.9 Å². The van der Waals surface area contributed by atoms with Gasteiger partial charge in [-0.05, 0) is 48.2 Å². The molecule has 0 aliphatic rings. The van der Waals surface area contributed by atoms with Gasteiger partial charge in [-0.1, -0.05) is 62.2 Å². The Labute approximate surface area is 224 Å². The number of nitrogens with one attached hydrogen (secondary N) is 1. The lowest BCUT2D eigenvalue weighted by atomic mass is 10.0. The number of aryl methyl sites for hydroxylation is 1. The van der Waals surface area contributed by atoms with E-state index in [9.17, 15) is 32.7 Å². The normalized spacial score (nSPS) is 12.9. The molecule has 3 rings (SSSR count). The van der Waals surface area contributed by atoms with Crippen molar-refractivity contribution in [3.05, 3.63) is 99.5 Å². The number of carbonyl (C=O) groups is 2. The first-order valence-corrected chi connectivity index (χ1v) is 12.6. The number of rotatable bonds is 12. The van der Waals surface area contributed by atoms with Gasteiger partial charge >= 0.3 is 12.3 Å². The summed E-state index contributed by atoms with van der Waals surface area (Å²) >= 11 is 0. The van der Waals surface area contributed by atoms with Crippen molar-refractivity contribution >= 4 is 11.9 Å². The van der Waals surface area contributed by atoms with Crippen molar-refractivity contribution in [2.45, 2.75) is 64.4 Å². The highest BCUT2D eigenvalue weighted by atomic mass is 19.4. The van der Waals surface area contributed by atoms with Crippen molar-refractivity contribution in [2.24, 2.45) is 0 Å². The third-order valence-electron chi connectivity index (χ3n) is 6.15. The number of aromatic nitrogens is 1. The standard InChI is InChI=1S/C29H31F3N2O5/c1-3-4-13-25(34-18-19(2)14-22(28(34)38)15-20-9-6-5-7-10-20)27(37)33-24(17-26(35)36)21-11-8-12-23(16-21)39-29(30,31)32/h5-12,14,16,18,24-25H,3-4,13,15,17H2,1-2H3,(H,33,37)(H,35,36)/t24-,25?/m0/s1. The van der Waals surface area contributed by atoms with Gasteiger partial charge in [0.15, 0.2) is 0 Å². The van der Waals surface area contributed by atoms with Gasteiger partial charge in [0.05, 0.1) is 12.5 Å². The molecule has 1 heterocycles. The van der Waals surface area contributed by atoms with Crippen LogP contribution in [0.5, 0.6) is 5.75 Å². The maximum Gasteiger partial charge on any atom is 0.573 e. The molecule has 0 spiro atoms. The van der Waals surface area contributed by atoms with Gasteiger partial charge in [-0.15, -0.1) is 13.2 Å². The number of carboxylic acid groups (broad SMARTS) is 1. The SMILES string of the molecule is CCCCC(C(=O)N[C@@H](CC(=O)O)c1cccc(OC(F)(F)F)c1)n1cc(C)cc(Cc2ccccc2)c1=O. The molecule has 208 valence electrons. The van der Waals surface area contributed by atoms with Crippen molar-refractivity contribution in [3.63, 3.8) is 0 Å². The van der Waals surface area contributed by atoms with Gasteiger partial charge in [0.25, 0.3) is 5.56 Å². The molecule has 0 radical (unpaired) electrons. The van der Waals surface area contributed by atoms with Crippen molar-refractivity contribution in [3.8, 4) is 5.75 Å². The number of ether oxygens (including phenoxy) is 1. The summed E-state index contributed by atoms with van der Waals surface area (Å²) in [5.41, 5.74) is 2.01. The number of hydrogen-bond acceptors (Lipinski definition) is 4. The van der Waals surface area contributed by atoms with Crippen molar-refractivity contribution in [1.29, 1.82) is 0 Å². The van der Waals surface area contributed by atoms with Crippen molar-refractivity contribution in [2.75, 3.05) is 0 Å². The number of alkyl halides is 3. The number of aliphatic carboxylic acids is 1. The van der Waals surface area contributed by atoms with E-state index in [-0.39, 0.29) is 11.1 Å². The fourth-order valence-electron chi connectivity index (χ4n) is 4.41. The van der Waals surface area contributed by atoms with E-state index in [1.807, 2.05) is 44.2 Å². The molecule has 3 aromatic rings. The van der Waals surface area contributed by atoms with E-state index in [0.29, 0.717) is 24.8 Å². The molecule has 2 atom stereocenters. The van der Waals surface area contributed by atoms with E-state index in [1.54, 1.807) is 12.3 Å². The number of unbranched alkanes of at least 4 members (excludes halogenated alkanes) is 1. The number of amides is 1. The first-order valence-electron chi connectivity index (χ1n) is 12.6. The monoisotopic (exact) mass is 544 g/mol. The molecule has 0 saturated heterocycles. The van der Waals surface area contributed by atoms with Crippen LogP contribution in [0, 0.1) is 6.92 Å². The average molecular weight is 545 g/mol. The number of carboxylic acids is 1. The Morgan fingerprint density at radius 2 is 1.79 bits per heavy atom. The number of benzene rings is 2. The smallest absolute Gasteiger partial charge is 0.481 e. The second-order valence-electron chi connectivity index (χ2n) is 9.35. The lowest BCUT2D eigenvalue weighted by Gasteiger charge is -2.25. The molecule has 2 N–H and O–H groups in total. The van der Waals surface area contributed by atoms with Gasteiger partial charge in [0.1, 0.15) is 11.8 Å². The maximum atomic E-state index is 13.6. The van der Waals surface area contributed by atoms with E-state index in [4.69, 9.17) is 0 Å². The second kappa shape index (κ2) is 13.1. The molecule has 1 aromatic heterocycles. The minimum absolute atomic E-state index is 0.128. The number of halogens is 3. The molecule has 7 nitrogen and oxygen atoms in total. The summed E-state index contributed by atoms with van der Waals surface area (Å²) in [7, 11) is 0. The molecule has 2 aromatic carbocycles. The summed E-state index contributed by atoms with van der Waals surface area (Å²) in [6, 6.07) is 13.9. The topological polar surface area (TPSA) is 97.6 Å². The molecule has 0 aliphatic heterocycles. The van der Waals surface area contributed by atoms with Gasteiger partial charge in [-0.25, -0.2) is 0 Å². The first-order chi connectivity index (χ1) is 18.5. The Hall–Kier alpha value is -4.08. The van der Waals surface area contributed by atoms with Crippen LogP contribution in [0.15, 0.2) is 71.7 Å². The highest BCUT2D eigenvalue weighted by molar-refractivity contribution is 5.81. The van der Waals surface area contributed by atoms with E-state index >= 15 is 0 Å². The number of hydrogen-bond donors (Lipinski definition) is 2. The van der Waals surface area contributed by atoms with Crippen molar-refractivity contribution in [1.82, 2.24) is 9.88 Å². The minimum atomic E-state index is -4.93. The zero-order chi connectivity index (χ0) is 28.6. The predicted octanol–water partition coefficient (Wildman–Crippen LogP) is 5.71. The Bertz CT molecular complexity index is 1340. The summed E-state index contributed by atoms with van der Waals surface area (Å²) in [4.78, 5) is 38.7. The van der Waals surface area contributed by atoms with Gasteiger partial charge in [0, 0.05) is 18.2 Å². The van der Waals surface area contributed by atoms with Gasteiger partial charge < -0.3 is 19.7 Å². The molecule has 0 bridgehead atoms. The Morgan fingerprint density at radius 3 is 2.44 bits per heavy atom. The summed E-state index contributed by atoms with van der Waals surface area (Å²) in [6.45, 7) is 3.76. The third-order valence-corrected chi connectivity index (χ3v) is 6.15. The Morgan fingerprint density at radius 1 is 1.08 bits per heavy atom. The van der Waals surface area contributed by atoms with E-state index in [0.717, 1.165) is 29.7 Å². The summed E-state index contributed by atoms with van der Waals surface area (Å²) in [5.74, 6) is -2.40. The quantitative estimate of drug-likeness (QED) is 0.305. The van der Waals surface area contributed by atoms with E-state index in [2.05, 4.69) is 10.1 Å². The van der Waals surface area contributed by atoms with Crippen LogP contribution in [-0.2, 0) is 16.0 Å². The highest BCUT2D eigenvalue weighted by Crippen LogP contribution is 2.28. The van der Waals surface area contributed by atoms with Gasteiger partial charge in [-0.2, -0.15) is 0 Å². The molecular weight excluding hydrogens is 513 g/mol. The van der Waals surface area contributed by atoms with Crippen LogP contribution in [0.3, 0.4) is 0 Å². The zero-order valence-electron chi connectivity index (χ0n) is 21.7. The fraction of sp³-hybridized carbons (Fsp3) is 0.345. The average Bonchev–Trinajstić information content (AvgIpc) is 2.86. The second-order valence-corrected chi connectivity index (χ2v) is 9.35. The fourth-order valence-corrected chi connectivity index (χ4v) is 4.41. The molecule has 39 heavy (non-hydrogen) atoms. The molecule has 1 unspecified atom stereocenters. The van der Waals surface area contributed by atoms with Crippen LogP contribution in [0.2, 0.25) is 0 Å². The van der Waals surface area contributed by atoms with Gasteiger partial charge in [-0.3, -0.25) is 14.4 Å². The number of pyridine rings is 1. The predicted molar refractivity (Wildman–Crippen MR) is 140 cm³/mol. The van der Waals surface area contributed by atoms with E-state index in [1.165, 1.54) is 16.7 Å². The zero-order valence-corrected chi connectivity index (χ0v) is 21.7. The first kappa shape index (κ1) is 29.5. The Balaban J connectivity index is 1.96. The third kappa shape index (κ3) is 8.73. The van der Waals surface area contributed by atoms with Crippen LogP contribution in [0.4, 0.5) is 13.2 Å². The lowest BCUT2D eigenvalue weighted by molar-refractivity contribution is -0.274. The Kier molecular flexibility index (Phi) is 9.92. The minimum Gasteiger partial charge on any atom is -0.481 e. The molecule has 0 aliphatic carbocycles. The van der Waals surface area contributed by atoms with Crippen molar-refractivity contribution < 1.29 is 32.6 Å². The molecule has 0 fully saturated rings. The number of nitrogens with zero attached hydrogens (tertiary/aromatic N) is 1. The van der Waals surface area contributed by atoms with Crippen LogP contribution in [0.25, 0.3) is 0 Å². The lowest BCUT2D eigenvalue weighted by Crippen LogP contribution is -2.40. The molecular formula is C29H31F3N2O5. The molecule has 0 saturated carbocycles. The summed E-state index contributed by atoms with van der Waals surface area (Å²) in [5, 5.41) is 12.1. The molecule has 1 amide bonds. The van der Waals surface area contributed by atoms with Crippen LogP contribution < -0.4 is 15.6 Å². The van der Waals surface area contributed by atoms with E-state index < -0.39 is 42.5 Å². The summed E-state index contributed by atoms with van der Waals surface area (Å²) in [6.07, 6.45) is -1.87. The summed E-state index contributed by atoms with van der Waals surface area (Å²) < 4.78 is 43.5. The van der Waals surface area contributed by atoms with Gasteiger partial charge in [0.2, 0.25) is 5.91 Å². The van der Waals surface area contributed by atoms with Crippen LogP contribution >= 0.6 is 0 Å². The molecule has 10 heteroatoms. The highest BCUT2D eigenvalue weighted by Gasteiger charge is 2.32. The largest absolute Gasteiger partial charge is 0.573 e. The van der Waals surface area contributed by atoms with Crippen LogP contribution in [-0.4, -0.2) is 27.9 Å². The number of carbonyl (C=O) groups excluding carboxylic acids is 1.